The lowest BCUT2D eigenvalue weighted by atomic mass is 10.1. The van der Waals surface area contributed by atoms with Crippen LogP contribution in [0.25, 0.3) is 5.69 Å². The molecule has 3 amide bonds. The molecule has 1 unspecified atom stereocenters. The van der Waals surface area contributed by atoms with Crippen LogP contribution in [0.5, 0.6) is 5.75 Å². The van der Waals surface area contributed by atoms with Crippen LogP contribution >= 0.6 is 11.8 Å². The second kappa shape index (κ2) is 8.05. The molecule has 0 bridgehead atoms. The Kier molecular flexibility index (Phi) is 5.57. The molecule has 26 heavy (non-hydrogen) atoms. The molecular weight excluding hydrogens is 354 g/mol. The molecule has 0 aliphatic carbocycles. The van der Waals surface area contributed by atoms with Gasteiger partial charge in [0.25, 0.3) is 0 Å². The predicted molar refractivity (Wildman–Crippen MR) is 97.6 cm³/mol. The highest BCUT2D eigenvalue weighted by Crippen LogP contribution is 2.25. The Balaban J connectivity index is 1.94. The van der Waals surface area contributed by atoms with Gasteiger partial charge in [-0.2, -0.15) is 0 Å². The topological polar surface area (TPSA) is 98.1 Å². The predicted octanol–water partition coefficient (Wildman–Crippen LogP) is 1.69. The maximum atomic E-state index is 11.6. The van der Waals surface area contributed by atoms with E-state index in [2.05, 4.69) is 27.4 Å². The number of hydrogen-bond acceptors (Lipinski definition) is 6. The summed E-state index contributed by atoms with van der Waals surface area (Å²) >= 11 is 1.50. The fraction of sp³-hybridized carbons (Fsp3) is 0.294. The number of benzene rings is 1. The Hall–Kier alpha value is -2.81. The van der Waals surface area contributed by atoms with Gasteiger partial charge in [0.2, 0.25) is 5.91 Å². The van der Waals surface area contributed by atoms with Crippen LogP contribution in [0.2, 0.25) is 0 Å². The molecule has 1 aliphatic heterocycles. The first-order chi connectivity index (χ1) is 12.6. The number of nitrogens with one attached hydrogen (secondary N) is 2. The molecule has 3 rings (SSSR count). The molecule has 2 N–H and O–H groups in total. The summed E-state index contributed by atoms with van der Waals surface area (Å²) < 4.78 is 7.22. The van der Waals surface area contributed by atoms with Gasteiger partial charge in [-0.05, 0) is 12.1 Å². The van der Waals surface area contributed by atoms with Gasteiger partial charge < -0.3 is 10.1 Å². The van der Waals surface area contributed by atoms with E-state index in [-0.39, 0.29) is 18.4 Å². The van der Waals surface area contributed by atoms with Crippen LogP contribution in [0, 0.1) is 0 Å². The smallest absolute Gasteiger partial charge is 0.321 e. The van der Waals surface area contributed by atoms with Gasteiger partial charge in [-0.25, -0.2) is 4.79 Å². The molecule has 8 nitrogen and oxygen atoms in total. The summed E-state index contributed by atoms with van der Waals surface area (Å²) in [5, 5.41) is 14.2. The number of thioether (sulfide) groups is 1. The summed E-state index contributed by atoms with van der Waals surface area (Å²) in [6.07, 6.45) is 2.38. The third kappa shape index (κ3) is 4.05. The van der Waals surface area contributed by atoms with Crippen molar-refractivity contribution in [2.24, 2.45) is 0 Å². The number of amides is 3. The van der Waals surface area contributed by atoms with Crippen molar-refractivity contribution < 1.29 is 14.3 Å². The average Bonchev–Trinajstić information content (AvgIpc) is 3.01. The van der Waals surface area contributed by atoms with Gasteiger partial charge in [-0.3, -0.25) is 14.7 Å². The van der Waals surface area contributed by atoms with Gasteiger partial charge in [0.1, 0.15) is 11.6 Å². The van der Waals surface area contributed by atoms with Crippen LogP contribution in [0.15, 0.2) is 42.1 Å². The van der Waals surface area contributed by atoms with Crippen molar-refractivity contribution in [3.05, 3.63) is 42.7 Å². The van der Waals surface area contributed by atoms with E-state index in [1.807, 2.05) is 28.8 Å². The number of hydrogen-bond donors (Lipinski definition) is 2. The number of ether oxygens (including phenoxy) is 1. The van der Waals surface area contributed by atoms with E-state index in [4.69, 9.17) is 4.74 Å². The number of urea groups is 1. The fourth-order valence-electron chi connectivity index (χ4n) is 2.69. The third-order valence-corrected chi connectivity index (χ3v) is 4.72. The number of aromatic nitrogens is 3. The summed E-state index contributed by atoms with van der Waals surface area (Å²) in [7, 11) is 1.61. The normalized spacial score (nSPS) is 16.7. The average molecular weight is 373 g/mol. The van der Waals surface area contributed by atoms with Gasteiger partial charge in [0.05, 0.1) is 12.8 Å². The van der Waals surface area contributed by atoms with Crippen LogP contribution in [-0.2, 0) is 11.2 Å². The number of nitrogens with zero attached hydrogens (tertiary/aromatic N) is 3. The van der Waals surface area contributed by atoms with Crippen molar-refractivity contribution in [3.63, 3.8) is 0 Å². The Morgan fingerprint density at radius 2 is 2.27 bits per heavy atom. The number of methoxy groups -OCH3 is 1. The molecule has 2 aromatic rings. The van der Waals surface area contributed by atoms with Crippen molar-refractivity contribution in [3.8, 4) is 11.4 Å². The molecular formula is C17H19N5O3S. The van der Waals surface area contributed by atoms with Crippen molar-refractivity contribution in [1.82, 2.24) is 25.4 Å². The van der Waals surface area contributed by atoms with E-state index < -0.39 is 6.03 Å². The SMILES string of the molecule is C=CCSc1nnc(CC2CC(=O)NC(=O)N2)n1-c1cccc(OC)c1. The first-order valence-electron chi connectivity index (χ1n) is 8.03. The summed E-state index contributed by atoms with van der Waals surface area (Å²) in [5.41, 5.74) is 0.850. The molecule has 1 fully saturated rings. The lowest BCUT2D eigenvalue weighted by molar-refractivity contribution is -0.121. The monoisotopic (exact) mass is 373 g/mol. The zero-order chi connectivity index (χ0) is 18.5. The molecule has 136 valence electrons. The minimum absolute atomic E-state index is 0.200. The maximum Gasteiger partial charge on any atom is 0.321 e. The molecule has 0 spiro atoms. The van der Waals surface area contributed by atoms with E-state index in [1.54, 1.807) is 13.2 Å². The number of rotatable bonds is 7. The first-order valence-corrected chi connectivity index (χ1v) is 9.02. The van der Waals surface area contributed by atoms with Crippen molar-refractivity contribution >= 4 is 23.7 Å². The Morgan fingerprint density at radius 1 is 1.42 bits per heavy atom. The maximum absolute atomic E-state index is 11.6. The summed E-state index contributed by atoms with van der Waals surface area (Å²) in [5.74, 6) is 1.76. The standard InChI is InChI=1S/C17H19N5O3S/c1-3-7-26-17-21-20-14(8-11-9-15(23)19-16(24)18-11)22(17)12-5-4-6-13(10-12)25-2/h3-6,10-11H,1,7-9H2,2H3,(H2,18,19,23,24). The van der Waals surface area contributed by atoms with Crippen LogP contribution in [0.1, 0.15) is 12.2 Å². The number of imide groups is 1. The zero-order valence-electron chi connectivity index (χ0n) is 14.3. The Labute approximate surface area is 155 Å². The second-order valence-electron chi connectivity index (χ2n) is 5.66. The molecule has 1 atom stereocenters. The molecule has 1 aliphatic rings. The molecule has 2 heterocycles. The van der Waals surface area contributed by atoms with Gasteiger partial charge in [-0.15, -0.1) is 16.8 Å². The molecule has 0 saturated carbocycles. The number of carbonyl (C=O) groups excluding carboxylic acids is 2. The van der Waals surface area contributed by atoms with E-state index >= 15 is 0 Å². The molecule has 1 aromatic heterocycles. The summed E-state index contributed by atoms with van der Waals surface area (Å²) in [6.45, 7) is 3.73. The van der Waals surface area contributed by atoms with Crippen molar-refractivity contribution in [1.29, 1.82) is 0 Å². The van der Waals surface area contributed by atoms with Crippen LogP contribution in [0.3, 0.4) is 0 Å². The van der Waals surface area contributed by atoms with E-state index in [0.717, 1.165) is 5.69 Å². The lowest BCUT2D eigenvalue weighted by Crippen LogP contribution is -2.53. The first kappa shape index (κ1) is 18.0. The second-order valence-corrected chi connectivity index (χ2v) is 6.65. The van der Waals surface area contributed by atoms with Crippen LogP contribution in [0.4, 0.5) is 4.79 Å². The van der Waals surface area contributed by atoms with Gasteiger partial charge in [0, 0.05) is 30.7 Å². The highest BCUT2D eigenvalue weighted by Gasteiger charge is 2.26. The van der Waals surface area contributed by atoms with Crippen molar-refractivity contribution in [2.45, 2.75) is 24.0 Å². The quantitative estimate of drug-likeness (QED) is 0.566. The Morgan fingerprint density at radius 3 is 3.00 bits per heavy atom. The highest BCUT2D eigenvalue weighted by molar-refractivity contribution is 7.99. The van der Waals surface area contributed by atoms with Gasteiger partial charge >= 0.3 is 6.03 Å². The largest absolute Gasteiger partial charge is 0.497 e. The number of carbonyl (C=O) groups is 2. The van der Waals surface area contributed by atoms with E-state index in [9.17, 15) is 9.59 Å². The lowest BCUT2D eigenvalue weighted by Gasteiger charge is -2.23. The van der Waals surface area contributed by atoms with E-state index in [1.165, 1.54) is 11.8 Å². The highest BCUT2D eigenvalue weighted by atomic mass is 32.2. The van der Waals surface area contributed by atoms with E-state index in [0.29, 0.717) is 28.9 Å². The zero-order valence-corrected chi connectivity index (χ0v) is 15.1. The Bertz CT molecular complexity index is 820. The molecule has 0 radical (unpaired) electrons. The molecule has 1 saturated heterocycles. The van der Waals surface area contributed by atoms with Gasteiger partial charge in [-0.1, -0.05) is 23.9 Å². The fourth-order valence-corrected chi connectivity index (χ4v) is 3.39. The van der Waals surface area contributed by atoms with Crippen LogP contribution < -0.4 is 15.4 Å². The summed E-state index contributed by atoms with van der Waals surface area (Å²) in [4.78, 5) is 23.2. The molecule has 9 heteroatoms. The minimum atomic E-state index is -0.486. The minimum Gasteiger partial charge on any atom is -0.497 e. The van der Waals surface area contributed by atoms with Crippen molar-refractivity contribution in [2.75, 3.05) is 12.9 Å². The van der Waals surface area contributed by atoms with Crippen LogP contribution in [-0.4, -0.2) is 45.6 Å². The van der Waals surface area contributed by atoms with Gasteiger partial charge in [0.15, 0.2) is 5.16 Å². The molecule has 1 aromatic carbocycles. The third-order valence-electron chi connectivity index (χ3n) is 3.79. The summed E-state index contributed by atoms with van der Waals surface area (Å²) in [6, 6.07) is 6.74.